The minimum Gasteiger partial charge on any atom is -0.340 e. The van der Waals surface area contributed by atoms with E-state index in [-0.39, 0.29) is 18.4 Å². The van der Waals surface area contributed by atoms with Crippen LogP contribution in [0.2, 0.25) is 5.02 Å². The number of hydrogen-bond donors (Lipinski definition) is 1. The van der Waals surface area contributed by atoms with Gasteiger partial charge in [-0.1, -0.05) is 48.0 Å². The number of benzene rings is 2. The third-order valence-electron chi connectivity index (χ3n) is 5.45. The summed E-state index contributed by atoms with van der Waals surface area (Å²) in [5.74, 6) is -0.668. The van der Waals surface area contributed by atoms with Crippen LogP contribution >= 0.6 is 11.6 Å². The minimum atomic E-state index is -1.04. The summed E-state index contributed by atoms with van der Waals surface area (Å²) in [4.78, 5) is 40.8. The Morgan fingerprint density at radius 2 is 2.00 bits per heavy atom. The van der Waals surface area contributed by atoms with Gasteiger partial charge in [0.1, 0.15) is 12.1 Å². The molecule has 2 aliphatic rings. The van der Waals surface area contributed by atoms with Crippen LogP contribution in [0.25, 0.3) is 0 Å². The van der Waals surface area contributed by atoms with Crippen LogP contribution in [-0.2, 0) is 28.1 Å². The van der Waals surface area contributed by atoms with E-state index in [9.17, 15) is 14.4 Å². The van der Waals surface area contributed by atoms with E-state index in [4.69, 9.17) is 11.6 Å². The number of fused-ring (bicyclic) bond motifs is 2. The highest BCUT2D eigenvalue weighted by atomic mass is 35.5. The van der Waals surface area contributed by atoms with Crippen molar-refractivity contribution in [3.8, 4) is 0 Å². The monoisotopic (exact) mass is 397 g/mol. The zero-order valence-corrected chi connectivity index (χ0v) is 16.2. The van der Waals surface area contributed by atoms with Crippen LogP contribution in [0.5, 0.6) is 0 Å². The molecule has 1 saturated heterocycles. The molecule has 0 radical (unpaired) electrons. The molecule has 1 N–H and O–H groups in total. The first-order valence-electron chi connectivity index (χ1n) is 9.11. The lowest BCUT2D eigenvalue weighted by Gasteiger charge is -2.23. The van der Waals surface area contributed by atoms with Crippen molar-refractivity contribution >= 4 is 29.4 Å². The normalized spacial score (nSPS) is 20.4. The predicted octanol–water partition coefficient (Wildman–Crippen LogP) is 2.69. The Balaban J connectivity index is 1.49. The molecule has 1 atom stereocenters. The van der Waals surface area contributed by atoms with E-state index >= 15 is 0 Å². The lowest BCUT2D eigenvalue weighted by atomic mass is 9.92. The molecule has 1 heterocycles. The van der Waals surface area contributed by atoms with E-state index in [1.54, 1.807) is 19.2 Å². The number of aryl methyl sites for hydroxylation is 1. The first-order chi connectivity index (χ1) is 13.4. The number of imide groups is 1. The summed E-state index contributed by atoms with van der Waals surface area (Å²) in [5, 5.41) is 3.43. The minimum absolute atomic E-state index is 0.286. The molecule has 2 aromatic carbocycles. The maximum atomic E-state index is 13.1. The SMILES string of the molecule is CN(Cc1cccc(Cl)c1)C(=O)CN1C(=O)NC2(CCc3ccccc32)C1=O. The summed E-state index contributed by atoms with van der Waals surface area (Å²) in [5.41, 5.74) is 1.72. The van der Waals surface area contributed by atoms with Crippen LogP contribution in [0.3, 0.4) is 0 Å². The summed E-state index contributed by atoms with van der Waals surface area (Å²) in [6.07, 6.45) is 1.23. The smallest absolute Gasteiger partial charge is 0.325 e. The summed E-state index contributed by atoms with van der Waals surface area (Å²) in [6.45, 7) is 0.0582. The van der Waals surface area contributed by atoms with Crippen LogP contribution in [0.15, 0.2) is 48.5 Å². The Hall–Kier alpha value is -2.86. The predicted molar refractivity (Wildman–Crippen MR) is 105 cm³/mol. The third kappa shape index (κ3) is 3.03. The second-order valence-corrected chi connectivity index (χ2v) is 7.70. The number of carbonyl (C=O) groups excluding carboxylic acids is 3. The lowest BCUT2D eigenvalue weighted by molar-refractivity contribution is -0.138. The largest absolute Gasteiger partial charge is 0.340 e. The van der Waals surface area contributed by atoms with Crippen molar-refractivity contribution in [2.45, 2.75) is 24.9 Å². The van der Waals surface area contributed by atoms with Gasteiger partial charge in [0.15, 0.2) is 0 Å². The van der Waals surface area contributed by atoms with Crippen LogP contribution in [0.1, 0.15) is 23.1 Å². The molecule has 0 aromatic heterocycles. The van der Waals surface area contributed by atoms with Gasteiger partial charge in [0.2, 0.25) is 5.91 Å². The van der Waals surface area contributed by atoms with Gasteiger partial charge in [-0.3, -0.25) is 14.5 Å². The highest BCUT2D eigenvalue weighted by Gasteiger charge is 2.55. The summed E-state index contributed by atoms with van der Waals surface area (Å²) < 4.78 is 0. The number of rotatable bonds is 4. The first-order valence-corrected chi connectivity index (χ1v) is 9.49. The fraction of sp³-hybridized carbons (Fsp3) is 0.286. The molecule has 1 fully saturated rings. The summed E-state index contributed by atoms with van der Waals surface area (Å²) in [6, 6.07) is 14.3. The standard InChI is InChI=1S/C21H20ClN3O3/c1-24(12-14-5-4-7-16(22)11-14)18(26)13-25-19(27)21(23-20(25)28)10-9-15-6-2-3-8-17(15)21/h2-8,11H,9-10,12-13H2,1H3,(H,23,28). The van der Waals surface area contributed by atoms with Crippen molar-refractivity contribution in [3.05, 3.63) is 70.2 Å². The van der Waals surface area contributed by atoms with Crippen molar-refractivity contribution in [1.82, 2.24) is 15.1 Å². The fourth-order valence-electron chi connectivity index (χ4n) is 3.99. The quantitative estimate of drug-likeness (QED) is 0.806. The molecule has 7 heteroatoms. The van der Waals surface area contributed by atoms with E-state index in [0.717, 1.165) is 28.0 Å². The molecule has 1 spiro atoms. The molecule has 0 saturated carbocycles. The van der Waals surface area contributed by atoms with Gasteiger partial charge in [-0.15, -0.1) is 0 Å². The number of hydrogen-bond acceptors (Lipinski definition) is 3. The molecule has 6 nitrogen and oxygen atoms in total. The van der Waals surface area contributed by atoms with Gasteiger partial charge in [-0.2, -0.15) is 0 Å². The third-order valence-corrected chi connectivity index (χ3v) is 5.69. The van der Waals surface area contributed by atoms with Gasteiger partial charge in [0.25, 0.3) is 5.91 Å². The second kappa shape index (κ2) is 6.95. The molecular formula is C21H20ClN3O3. The van der Waals surface area contributed by atoms with Crippen molar-refractivity contribution in [3.63, 3.8) is 0 Å². The Labute approximate surface area is 168 Å². The van der Waals surface area contributed by atoms with E-state index in [0.29, 0.717) is 18.0 Å². The highest BCUT2D eigenvalue weighted by molar-refractivity contribution is 6.30. The number of likely N-dealkylation sites (N-methyl/N-ethyl adjacent to an activating group) is 1. The van der Waals surface area contributed by atoms with Crippen molar-refractivity contribution in [2.75, 3.05) is 13.6 Å². The number of urea groups is 1. The van der Waals surface area contributed by atoms with Gasteiger partial charge in [0, 0.05) is 18.6 Å². The van der Waals surface area contributed by atoms with Crippen LogP contribution in [0.4, 0.5) is 4.79 Å². The van der Waals surface area contributed by atoms with Crippen molar-refractivity contribution < 1.29 is 14.4 Å². The molecule has 1 aliphatic carbocycles. The van der Waals surface area contributed by atoms with Gasteiger partial charge in [-0.05, 0) is 41.7 Å². The molecule has 0 bridgehead atoms. The van der Waals surface area contributed by atoms with E-state index in [1.807, 2.05) is 36.4 Å². The van der Waals surface area contributed by atoms with Crippen LogP contribution in [0, 0.1) is 0 Å². The summed E-state index contributed by atoms with van der Waals surface area (Å²) >= 11 is 5.98. The summed E-state index contributed by atoms with van der Waals surface area (Å²) in [7, 11) is 1.64. The van der Waals surface area contributed by atoms with E-state index in [1.165, 1.54) is 4.90 Å². The molecule has 144 valence electrons. The Kier molecular flexibility index (Phi) is 4.59. The second-order valence-electron chi connectivity index (χ2n) is 7.26. The zero-order chi connectivity index (χ0) is 19.9. The number of halogens is 1. The van der Waals surface area contributed by atoms with Crippen molar-refractivity contribution in [1.29, 1.82) is 0 Å². The number of nitrogens with one attached hydrogen (secondary N) is 1. The first kappa shape index (κ1) is 18.5. The Morgan fingerprint density at radius 3 is 2.79 bits per heavy atom. The molecule has 4 amide bonds. The molecule has 1 unspecified atom stereocenters. The van der Waals surface area contributed by atoms with Gasteiger partial charge >= 0.3 is 6.03 Å². The van der Waals surface area contributed by atoms with Gasteiger partial charge in [-0.25, -0.2) is 4.79 Å². The number of carbonyl (C=O) groups is 3. The van der Waals surface area contributed by atoms with Crippen LogP contribution < -0.4 is 5.32 Å². The molecule has 2 aromatic rings. The van der Waals surface area contributed by atoms with Gasteiger partial charge < -0.3 is 10.2 Å². The maximum Gasteiger partial charge on any atom is 0.325 e. The Bertz CT molecular complexity index is 977. The molecule has 1 aliphatic heterocycles. The molecule has 28 heavy (non-hydrogen) atoms. The van der Waals surface area contributed by atoms with E-state index in [2.05, 4.69) is 5.32 Å². The molecule has 4 rings (SSSR count). The number of amides is 4. The highest BCUT2D eigenvalue weighted by Crippen LogP contribution is 2.41. The maximum absolute atomic E-state index is 13.1. The van der Waals surface area contributed by atoms with E-state index < -0.39 is 11.6 Å². The topological polar surface area (TPSA) is 69.7 Å². The average Bonchev–Trinajstić information content (AvgIpc) is 3.15. The Morgan fingerprint density at radius 1 is 1.21 bits per heavy atom. The number of nitrogens with zero attached hydrogens (tertiary/aromatic N) is 2. The fourth-order valence-corrected chi connectivity index (χ4v) is 4.20. The average molecular weight is 398 g/mol. The zero-order valence-electron chi connectivity index (χ0n) is 15.4. The van der Waals surface area contributed by atoms with Crippen LogP contribution in [-0.4, -0.2) is 41.2 Å². The van der Waals surface area contributed by atoms with Crippen molar-refractivity contribution in [2.24, 2.45) is 0 Å². The van der Waals surface area contributed by atoms with Gasteiger partial charge in [0.05, 0.1) is 0 Å². The lowest BCUT2D eigenvalue weighted by Crippen LogP contribution is -2.44. The molecular weight excluding hydrogens is 378 g/mol.